The summed E-state index contributed by atoms with van der Waals surface area (Å²) >= 11 is 0. The molecule has 0 amide bonds. The van der Waals surface area contributed by atoms with Crippen molar-refractivity contribution in [3.63, 3.8) is 0 Å². The number of carbonyl (C=O) groups excluding carboxylic acids is 3. The quantitative estimate of drug-likeness (QED) is 0.609. The lowest BCUT2D eigenvalue weighted by molar-refractivity contribution is -0.343. The van der Waals surface area contributed by atoms with Gasteiger partial charge in [0.2, 0.25) is 0 Å². The Labute approximate surface area is 177 Å². The number of carboxylic acid groups (broad SMARTS) is 3. The summed E-state index contributed by atoms with van der Waals surface area (Å²) < 4.78 is 0. The number of allylic oxidation sites excluding steroid dienone is 2. The van der Waals surface area contributed by atoms with Crippen LogP contribution in [-0.4, -0.2) is 17.9 Å². The van der Waals surface area contributed by atoms with Gasteiger partial charge >= 0.3 is 0 Å². The van der Waals surface area contributed by atoms with E-state index >= 15 is 0 Å². The van der Waals surface area contributed by atoms with E-state index in [2.05, 4.69) is 13.0 Å². The van der Waals surface area contributed by atoms with E-state index in [0.29, 0.717) is 25.7 Å². The van der Waals surface area contributed by atoms with Gasteiger partial charge in [0, 0.05) is 40.6 Å². The van der Waals surface area contributed by atoms with Gasteiger partial charge in [-0.1, -0.05) is 45.8 Å². The van der Waals surface area contributed by atoms with Gasteiger partial charge in [0.25, 0.3) is 0 Å². The minimum absolute atomic E-state index is 0.0891. The second-order valence-electron chi connectivity index (χ2n) is 11.1. The Morgan fingerprint density at radius 1 is 1.00 bits per heavy atom. The van der Waals surface area contributed by atoms with Gasteiger partial charge in [0.15, 0.2) is 0 Å². The molecular weight excluding hydrogens is 384 g/mol. The Balaban J connectivity index is 1.89. The number of aliphatic carboxylic acids is 3. The molecule has 166 valence electrons. The van der Waals surface area contributed by atoms with Crippen LogP contribution in [0.3, 0.4) is 0 Å². The molecule has 8 atom stereocenters. The first-order valence-corrected chi connectivity index (χ1v) is 11.3. The molecule has 3 saturated carbocycles. The van der Waals surface area contributed by atoms with Crippen LogP contribution in [0, 0.1) is 51.8 Å². The first-order chi connectivity index (χ1) is 13.9. The smallest absolute Gasteiger partial charge is 0.0476 e. The maximum absolute atomic E-state index is 12.3. The number of hydrogen-bond donors (Lipinski definition) is 0. The summed E-state index contributed by atoms with van der Waals surface area (Å²) in [6, 6.07) is 0. The molecule has 0 aromatic carbocycles. The minimum atomic E-state index is -1.32. The lowest BCUT2D eigenvalue weighted by Gasteiger charge is -2.70. The van der Waals surface area contributed by atoms with E-state index in [1.165, 1.54) is 0 Å². The van der Waals surface area contributed by atoms with Crippen LogP contribution in [0.2, 0.25) is 0 Å². The second kappa shape index (κ2) is 6.57. The average molecular weight is 416 g/mol. The molecule has 0 heterocycles. The molecule has 1 spiro atoms. The van der Waals surface area contributed by atoms with E-state index in [0.717, 1.165) is 18.4 Å². The molecule has 0 N–H and O–H groups in total. The number of rotatable bonds is 4. The second-order valence-corrected chi connectivity index (χ2v) is 11.1. The van der Waals surface area contributed by atoms with Gasteiger partial charge in [-0.15, -0.1) is 0 Å². The zero-order valence-corrected chi connectivity index (χ0v) is 18.2. The van der Waals surface area contributed by atoms with Crippen molar-refractivity contribution >= 4 is 17.9 Å². The maximum Gasteiger partial charge on any atom is 0.0476 e. The van der Waals surface area contributed by atoms with Crippen molar-refractivity contribution in [3.05, 3.63) is 11.6 Å². The van der Waals surface area contributed by atoms with Gasteiger partial charge in [-0.25, -0.2) is 0 Å². The fraction of sp³-hybridized carbons (Fsp3) is 0.792. The fourth-order valence-corrected chi connectivity index (χ4v) is 8.52. The largest absolute Gasteiger partial charge is 0.550 e. The summed E-state index contributed by atoms with van der Waals surface area (Å²) in [5.74, 6) is -6.39. The van der Waals surface area contributed by atoms with E-state index in [-0.39, 0.29) is 23.2 Å². The van der Waals surface area contributed by atoms with Gasteiger partial charge in [0.1, 0.15) is 0 Å². The Morgan fingerprint density at radius 3 is 2.20 bits per heavy atom. The van der Waals surface area contributed by atoms with Crippen LogP contribution in [-0.2, 0) is 14.4 Å². The van der Waals surface area contributed by atoms with Crippen LogP contribution in [0.5, 0.6) is 0 Å². The van der Waals surface area contributed by atoms with Gasteiger partial charge in [-0.05, 0) is 61.2 Å². The van der Waals surface area contributed by atoms with Crippen molar-refractivity contribution in [2.24, 2.45) is 51.8 Å². The highest BCUT2D eigenvalue weighted by molar-refractivity contribution is 5.81. The first kappa shape index (κ1) is 21.4. The van der Waals surface area contributed by atoms with Crippen LogP contribution >= 0.6 is 0 Å². The molecule has 0 aromatic heterocycles. The highest BCUT2D eigenvalue weighted by atomic mass is 16.4. The molecule has 5 aliphatic rings. The Hall–Kier alpha value is -1.85. The molecule has 0 radical (unpaired) electrons. The number of carbonyl (C=O) groups is 3. The Kier molecular flexibility index (Phi) is 4.68. The fourth-order valence-electron chi connectivity index (χ4n) is 8.52. The lowest BCUT2D eigenvalue weighted by Crippen LogP contribution is -2.69. The van der Waals surface area contributed by atoms with Crippen LogP contribution in [0.25, 0.3) is 0 Å². The van der Waals surface area contributed by atoms with E-state index in [1.54, 1.807) is 6.92 Å². The highest BCUT2D eigenvalue weighted by Gasteiger charge is 2.68. The number of carboxylic acids is 3. The summed E-state index contributed by atoms with van der Waals surface area (Å²) in [7, 11) is 0. The zero-order valence-electron chi connectivity index (χ0n) is 18.2. The summed E-state index contributed by atoms with van der Waals surface area (Å²) in [6.45, 7) is 7.91. The number of hydrogen-bond acceptors (Lipinski definition) is 6. The third-order valence-corrected chi connectivity index (χ3v) is 9.67. The monoisotopic (exact) mass is 415 g/mol. The van der Waals surface area contributed by atoms with Crippen molar-refractivity contribution in [2.45, 2.75) is 66.2 Å². The lowest BCUT2D eigenvalue weighted by atomic mass is 9.34. The molecular formula is C24H31O6-3. The van der Waals surface area contributed by atoms with E-state index in [1.807, 2.05) is 13.8 Å². The van der Waals surface area contributed by atoms with E-state index < -0.39 is 46.5 Å². The van der Waals surface area contributed by atoms with Gasteiger partial charge in [-0.3, -0.25) is 0 Å². The molecule has 3 fully saturated rings. The average Bonchev–Trinajstić information content (AvgIpc) is 2.65. The summed E-state index contributed by atoms with van der Waals surface area (Å²) in [4.78, 5) is 36.6. The molecule has 0 aromatic rings. The Morgan fingerprint density at radius 2 is 1.67 bits per heavy atom. The van der Waals surface area contributed by atoms with Gasteiger partial charge < -0.3 is 29.7 Å². The predicted molar refractivity (Wildman–Crippen MR) is 102 cm³/mol. The maximum atomic E-state index is 12.3. The highest BCUT2D eigenvalue weighted by Crippen LogP contribution is 2.73. The topological polar surface area (TPSA) is 120 Å². The van der Waals surface area contributed by atoms with Crippen LogP contribution < -0.4 is 15.3 Å². The zero-order chi connectivity index (χ0) is 22.2. The van der Waals surface area contributed by atoms with E-state index in [9.17, 15) is 29.7 Å². The molecule has 0 aliphatic heterocycles. The standard InChI is InChI=1S/C24H34O6/c1-12(2)14-11-24-9-6-15-22(3,7-5-8-23(15,4)21(29)30)16(24)10-13(14)17(19(25)26)18(24)20(27)28/h11-13,15-18H,5-10H2,1-4H3,(H,25,26)(H,27,28)(H,29,30)/p-3/t13-,15+,16+,17+,18-,22+,23-,24+/m1/s1. The molecule has 5 rings (SSSR count). The molecule has 2 bridgehead atoms. The summed E-state index contributed by atoms with van der Waals surface area (Å²) in [5.41, 5.74) is -1.14. The molecule has 30 heavy (non-hydrogen) atoms. The van der Waals surface area contributed by atoms with Crippen molar-refractivity contribution in [3.8, 4) is 0 Å². The molecule has 6 nitrogen and oxygen atoms in total. The normalized spacial score (nSPS) is 47.2. The molecule has 0 saturated heterocycles. The SMILES string of the molecule is CC(C)C1=C[C@@]23CC[C@H]4[C@](C)(CCC[C@@]4(C)C(=O)[O-])[C@@H]2C[C@H]1[C@H](C(=O)[O-])[C@@H]3C(=O)[O-]. The van der Waals surface area contributed by atoms with Crippen LogP contribution in [0.15, 0.2) is 11.6 Å². The predicted octanol–water partition coefficient (Wildman–Crippen LogP) is 0.294. The van der Waals surface area contributed by atoms with Crippen LogP contribution in [0.4, 0.5) is 0 Å². The molecule has 5 aliphatic carbocycles. The van der Waals surface area contributed by atoms with Crippen molar-refractivity contribution < 1.29 is 29.7 Å². The van der Waals surface area contributed by atoms with E-state index in [4.69, 9.17) is 0 Å². The minimum Gasteiger partial charge on any atom is -0.550 e. The molecule has 0 unspecified atom stereocenters. The third-order valence-electron chi connectivity index (χ3n) is 9.67. The third kappa shape index (κ3) is 2.51. The van der Waals surface area contributed by atoms with Gasteiger partial charge in [-0.2, -0.15) is 0 Å². The van der Waals surface area contributed by atoms with Crippen molar-refractivity contribution in [2.75, 3.05) is 0 Å². The van der Waals surface area contributed by atoms with Crippen molar-refractivity contribution in [1.29, 1.82) is 0 Å². The Bertz CT molecular complexity index is 830. The van der Waals surface area contributed by atoms with Crippen molar-refractivity contribution in [1.82, 2.24) is 0 Å². The number of fused-ring (bicyclic) bond motifs is 2. The molecule has 6 heteroatoms. The summed E-state index contributed by atoms with van der Waals surface area (Å²) in [5, 5.41) is 36.6. The van der Waals surface area contributed by atoms with Gasteiger partial charge in [0.05, 0.1) is 0 Å². The van der Waals surface area contributed by atoms with Crippen LogP contribution in [0.1, 0.15) is 66.2 Å². The first-order valence-electron chi connectivity index (χ1n) is 11.3. The summed E-state index contributed by atoms with van der Waals surface area (Å²) in [6.07, 6.45) is 5.79.